The average Bonchev–Trinajstić information content (AvgIpc) is 3.84. The van der Waals surface area contributed by atoms with Crippen LogP contribution in [0.3, 0.4) is 0 Å². The molecule has 6 heteroatoms. The number of hydrogen-bond donors (Lipinski definition) is 0. The standard InChI is InChI=1S/C60H63N4O.Pt/c1-13-60(12,14-2)43-24-27-53-55(35-43)63(46-31-41(40-20-16-15-17-21-40)30-44(32-46)58(6,7)8)39-62(53)47-33-45(59(9,10)11)34-49(37-47)65-48-25-26-51-50-22-18-19-23-52(50)64(54(51)38-48)56-36-42(28-29-61-56)57(3,4)5;/h15-36,39H,13-14H2,1-12H3;/q-3;. The van der Waals surface area contributed by atoms with Crippen LogP contribution in [0.15, 0.2) is 134 Å². The Balaban J connectivity index is 0.00000592. The Morgan fingerprint density at radius 1 is 0.545 bits per heavy atom. The molecule has 9 rings (SSSR count). The fourth-order valence-corrected chi connectivity index (χ4v) is 9.02. The summed E-state index contributed by atoms with van der Waals surface area (Å²) >= 11 is 0. The van der Waals surface area contributed by atoms with Crippen molar-refractivity contribution < 1.29 is 25.8 Å². The molecule has 5 nitrogen and oxygen atoms in total. The van der Waals surface area contributed by atoms with Crippen molar-refractivity contribution >= 4 is 44.6 Å². The molecule has 0 bridgehead atoms. The number of anilines is 4. The van der Waals surface area contributed by atoms with Crippen LogP contribution in [0.25, 0.3) is 38.8 Å². The van der Waals surface area contributed by atoms with E-state index in [-0.39, 0.29) is 42.7 Å². The summed E-state index contributed by atoms with van der Waals surface area (Å²) in [5, 5.41) is 2.25. The van der Waals surface area contributed by atoms with Crippen LogP contribution >= 0.6 is 0 Å². The third kappa shape index (κ3) is 8.84. The first-order valence-electron chi connectivity index (χ1n) is 23.3. The van der Waals surface area contributed by atoms with Crippen molar-refractivity contribution in [3.05, 3.63) is 175 Å². The molecule has 0 aliphatic carbocycles. The van der Waals surface area contributed by atoms with Gasteiger partial charge >= 0.3 is 0 Å². The molecule has 342 valence electrons. The molecule has 8 aromatic rings. The quantitative estimate of drug-likeness (QED) is 0.135. The number of para-hydroxylation sites is 1. The van der Waals surface area contributed by atoms with Gasteiger partial charge in [-0.3, -0.25) is 0 Å². The first-order chi connectivity index (χ1) is 30.8. The minimum atomic E-state index is -0.173. The fraction of sp³-hybridized carbons (Fsp3) is 0.300. The van der Waals surface area contributed by atoms with Crippen LogP contribution in [0.2, 0.25) is 0 Å². The van der Waals surface area contributed by atoms with Crippen molar-refractivity contribution in [3.8, 4) is 28.4 Å². The second kappa shape index (κ2) is 17.5. The molecular weight excluding hydrogens is 988 g/mol. The molecular formula is C60H63N4OPt-3. The Bertz CT molecular complexity index is 3050. The summed E-state index contributed by atoms with van der Waals surface area (Å²) in [4.78, 5) is 9.57. The maximum Gasteiger partial charge on any atom is 0.135 e. The molecule has 1 aliphatic rings. The Labute approximate surface area is 408 Å². The molecule has 0 radical (unpaired) electrons. The van der Waals surface area contributed by atoms with Gasteiger partial charge in [0.1, 0.15) is 5.82 Å². The van der Waals surface area contributed by atoms with E-state index in [1.807, 2.05) is 12.3 Å². The van der Waals surface area contributed by atoms with Gasteiger partial charge in [-0.1, -0.05) is 149 Å². The van der Waals surface area contributed by atoms with Gasteiger partial charge in [0.05, 0.1) is 0 Å². The minimum Gasteiger partial charge on any atom is -0.509 e. The summed E-state index contributed by atoms with van der Waals surface area (Å²) in [6, 6.07) is 53.7. The van der Waals surface area contributed by atoms with Gasteiger partial charge in [-0.15, -0.1) is 53.6 Å². The van der Waals surface area contributed by atoms with Crippen LogP contribution in [-0.2, 0) is 42.7 Å². The molecule has 2 aromatic heterocycles. The second-order valence-electron chi connectivity index (χ2n) is 21.3. The number of rotatable bonds is 9. The van der Waals surface area contributed by atoms with Crippen LogP contribution in [0.4, 0.5) is 22.7 Å². The number of nitrogens with zero attached hydrogens (tertiary/aromatic N) is 4. The Morgan fingerprint density at radius 3 is 1.92 bits per heavy atom. The maximum atomic E-state index is 6.90. The van der Waals surface area contributed by atoms with Gasteiger partial charge in [0.15, 0.2) is 0 Å². The van der Waals surface area contributed by atoms with Crippen molar-refractivity contribution in [3.63, 3.8) is 0 Å². The van der Waals surface area contributed by atoms with E-state index >= 15 is 0 Å². The summed E-state index contributed by atoms with van der Waals surface area (Å²) < 4.78 is 9.11. The molecule has 3 heterocycles. The van der Waals surface area contributed by atoms with Gasteiger partial charge in [-0.25, -0.2) is 4.98 Å². The first kappa shape index (κ1) is 46.9. The average molecular weight is 1050 g/mol. The van der Waals surface area contributed by atoms with Crippen molar-refractivity contribution in [2.24, 2.45) is 0 Å². The number of aromatic nitrogens is 2. The Hall–Kier alpha value is -5.64. The van der Waals surface area contributed by atoms with E-state index in [2.05, 4.69) is 238 Å². The van der Waals surface area contributed by atoms with Crippen LogP contribution in [0.1, 0.15) is 118 Å². The number of fused-ring (bicyclic) bond motifs is 4. The predicted molar refractivity (Wildman–Crippen MR) is 274 cm³/mol. The smallest absolute Gasteiger partial charge is 0.135 e. The summed E-state index contributed by atoms with van der Waals surface area (Å²) in [7, 11) is 0. The summed E-state index contributed by atoms with van der Waals surface area (Å²) in [6.45, 7) is 29.6. The van der Waals surface area contributed by atoms with Crippen LogP contribution in [-0.4, -0.2) is 9.55 Å². The van der Waals surface area contributed by atoms with Crippen molar-refractivity contribution in [2.45, 2.75) is 118 Å². The summed E-state index contributed by atoms with van der Waals surface area (Å²) in [5.74, 6) is 2.11. The third-order valence-corrected chi connectivity index (χ3v) is 13.7. The third-order valence-electron chi connectivity index (χ3n) is 13.7. The van der Waals surface area contributed by atoms with E-state index in [1.165, 1.54) is 27.8 Å². The Morgan fingerprint density at radius 2 is 1.23 bits per heavy atom. The maximum absolute atomic E-state index is 6.90. The Kier molecular flexibility index (Phi) is 12.5. The number of benzene rings is 6. The van der Waals surface area contributed by atoms with Crippen LogP contribution < -0.4 is 14.5 Å². The first-order valence-corrected chi connectivity index (χ1v) is 23.3. The second-order valence-corrected chi connectivity index (χ2v) is 21.3. The fourth-order valence-electron chi connectivity index (χ4n) is 9.02. The topological polar surface area (TPSA) is 33.5 Å². The van der Waals surface area contributed by atoms with Gasteiger partial charge in [0.2, 0.25) is 0 Å². The van der Waals surface area contributed by atoms with E-state index in [0.717, 1.165) is 68.8 Å². The molecule has 0 N–H and O–H groups in total. The number of ether oxygens (including phenoxy) is 1. The van der Waals surface area contributed by atoms with Gasteiger partial charge in [0.25, 0.3) is 0 Å². The zero-order valence-corrected chi connectivity index (χ0v) is 43.0. The van der Waals surface area contributed by atoms with E-state index in [4.69, 9.17) is 9.72 Å². The van der Waals surface area contributed by atoms with Gasteiger partial charge in [-0.05, 0) is 110 Å². The minimum absolute atomic E-state index is 0. The van der Waals surface area contributed by atoms with E-state index in [9.17, 15) is 0 Å². The van der Waals surface area contributed by atoms with Crippen LogP contribution in [0.5, 0.6) is 11.5 Å². The van der Waals surface area contributed by atoms with Gasteiger partial charge in [-0.2, -0.15) is 6.07 Å². The SMILES string of the molecule is CCC(C)(CC)c1ccc2c(c1)N(c1cc(-c3ccccc3)cc(C(C)(C)C)c1)[CH-]N2c1[c-]c(Oc2[c-]c3c(cc2)c2ccccc2n3-c2cc(C(C)(C)C)ccn2)cc(C(C)(C)C)c1.[Pt]. The van der Waals surface area contributed by atoms with Crippen molar-refractivity contribution in [1.29, 1.82) is 0 Å². The summed E-state index contributed by atoms with van der Waals surface area (Å²) in [6.07, 6.45) is 4.02. The summed E-state index contributed by atoms with van der Waals surface area (Å²) in [5.41, 5.74) is 13.5. The molecule has 0 saturated carbocycles. The van der Waals surface area contributed by atoms with Crippen molar-refractivity contribution in [2.75, 3.05) is 9.80 Å². The molecule has 0 atom stereocenters. The zero-order chi connectivity index (χ0) is 46.1. The zero-order valence-electron chi connectivity index (χ0n) is 40.7. The normalized spacial score (nSPS) is 13.3. The molecule has 0 amide bonds. The van der Waals surface area contributed by atoms with Crippen LogP contribution in [0, 0.1) is 18.8 Å². The molecule has 0 spiro atoms. The molecule has 0 saturated heterocycles. The molecule has 66 heavy (non-hydrogen) atoms. The molecule has 6 aromatic carbocycles. The van der Waals surface area contributed by atoms with E-state index in [1.54, 1.807) is 0 Å². The van der Waals surface area contributed by atoms with Gasteiger partial charge < -0.3 is 19.1 Å². The van der Waals surface area contributed by atoms with Gasteiger partial charge in [0, 0.05) is 61.3 Å². The monoisotopic (exact) mass is 1050 g/mol. The molecule has 0 unspecified atom stereocenters. The molecule has 0 fully saturated rings. The molecule has 1 aliphatic heterocycles. The number of pyridine rings is 1. The van der Waals surface area contributed by atoms with E-state index in [0.29, 0.717) is 11.5 Å². The van der Waals surface area contributed by atoms with Crippen molar-refractivity contribution in [1.82, 2.24) is 9.55 Å². The predicted octanol–water partition coefficient (Wildman–Crippen LogP) is 16.6. The largest absolute Gasteiger partial charge is 0.509 e. The number of hydrogen-bond acceptors (Lipinski definition) is 4. The van der Waals surface area contributed by atoms with E-state index < -0.39 is 0 Å².